The smallest absolute Gasteiger partial charge is 0.234 e. The summed E-state index contributed by atoms with van der Waals surface area (Å²) in [4.78, 5) is 32.1. The Labute approximate surface area is 183 Å². The van der Waals surface area contributed by atoms with Gasteiger partial charge in [0.05, 0.1) is 5.92 Å². The van der Waals surface area contributed by atoms with Gasteiger partial charge in [0.2, 0.25) is 11.8 Å². The molecule has 3 aromatic rings. The van der Waals surface area contributed by atoms with Crippen LogP contribution < -0.4 is 5.32 Å². The van der Waals surface area contributed by atoms with Crippen LogP contribution in [0, 0.1) is 5.92 Å². The van der Waals surface area contributed by atoms with Gasteiger partial charge >= 0.3 is 0 Å². The zero-order chi connectivity index (χ0) is 21.5. The second-order valence-electron chi connectivity index (χ2n) is 7.93. The van der Waals surface area contributed by atoms with E-state index < -0.39 is 0 Å². The van der Waals surface area contributed by atoms with Gasteiger partial charge in [-0.15, -0.1) is 0 Å². The number of aromatic nitrogens is 1. The number of carbonyl (C=O) groups is 2. The first-order valence-corrected chi connectivity index (χ1v) is 10.8. The highest BCUT2D eigenvalue weighted by atomic mass is 16.2. The van der Waals surface area contributed by atoms with Gasteiger partial charge in [-0.1, -0.05) is 66.7 Å². The lowest BCUT2D eigenvalue weighted by atomic mass is 9.88. The predicted molar refractivity (Wildman–Crippen MR) is 120 cm³/mol. The summed E-state index contributed by atoms with van der Waals surface area (Å²) in [7, 11) is 0. The number of hydrogen-bond acceptors (Lipinski definition) is 3. The van der Waals surface area contributed by atoms with Crippen LogP contribution in [0.5, 0.6) is 0 Å². The van der Waals surface area contributed by atoms with Crippen molar-refractivity contribution in [3.05, 3.63) is 102 Å². The molecule has 0 aliphatic carbocycles. The van der Waals surface area contributed by atoms with Crippen molar-refractivity contribution in [3.8, 4) is 0 Å². The van der Waals surface area contributed by atoms with Gasteiger partial charge in [0.15, 0.2) is 0 Å². The van der Waals surface area contributed by atoms with Crippen molar-refractivity contribution in [1.82, 2.24) is 15.2 Å². The summed E-state index contributed by atoms with van der Waals surface area (Å²) in [5.41, 5.74) is 2.97. The van der Waals surface area contributed by atoms with Gasteiger partial charge in [-0.3, -0.25) is 14.6 Å². The molecule has 1 fully saturated rings. The molecular weight excluding hydrogens is 386 g/mol. The van der Waals surface area contributed by atoms with Gasteiger partial charge < -0.3 is 10.2 Å². The normalized spacial score (nSPS) is 14.4. The number of nitrogens with one attached hydrogen (secondary N) is 1. The number of nitrogens with zero attached hydrogens (tertiary/aromatic N) is 2. The van der Waals surface area contributed by atoms with Crippen LogP contribution >= 0.6 is 0 Å². The highest BCUT2D eigenvalue weighted by Crippen LogP contribution is 2.29. The second kappa shape index (κ2) is 10.0. The minimum absolute atomic E-state index is 0.0543. The Kier molecular flexibility index (Phi) is 6.72. The van der Waals surface area contributed by atoms with E-state index >= 15 is 0 Å². The van der Waals surface area contributed by atoms with Gasteiger partial charge in [0.1, 0.15) is 0 Å². The number of hydrogen-bond donors (Lipinski definition) is 1. The number of carbonyl (C=O) groups excluding carboxylic acids is 2. The van der Waals surface area contributed by atoms with Crippen LogP contribution in [0.4, 0.5) is 0 Å². The highest BCUT2D eigenvalue weighted by Gasteiger charge is 2.32. The number of amides is 2. The molecule has 4 rings (SSSR count). The quantitative estimate of drug-likeness (QED) is 0.669. The number of piperidine rings is 1. The summed E-state index contributed by atoms with van der Waals surface area (Å²) in [5, 5.41) is 3.00. The average Bonchev–Trinajstić information content (AvgIpc) is 2.85. The lowest BCUT2D eigenvalue weighted by Crippen LogP contribution is -2.44. The number of likely N-dealkylation sites (tertiary alicyclic amines) is 1. The first kappa shape index (κ1) is 20.8. The third kappa shape index (κ3) is 5.18. The third-order valence-electron chi connectivity index (χ3n) is 5.88. The maximum Gasteiger partial charge on any atom is 0.234 e. The fourth-order valence-corrected chi connectivity index (χ4v) is 4.15. The van der Waals surface area contributed by atoms with Crippen LogP contribution in [0.2, 0.25) is 0 Å². The van der Waals surface area contributed by atoms with Gasteiger partial charge in [-0.05, 0) is 35.6 Å². The monoisotopic (exact) mass is 413 g/mol. The maximum absolute atomic E-state index is 13.5. The summed E-state index contributed by atoms with van der Waals surface area (Å²) < 4.78 is 0. The Hall–Kier alpha value is -3.47. The van der Waals surface area contributed by atoms with E-state index in [4.69, 9.17) is 0 Å². The van der Waals surface area contributed by atoms with Crippen molar-refractivity contribution >= 4 is 11.8 Å². The molecule has 0 saturated carbocycles. The SMILES string of the molecule is O=C(NCc1cccnc1)C1CCN(C(=O)C(c2ccccc2)c2ccccc2)CC1. The minimum Gasteiger partial charge on any atom is -0.352 e. The van der Waals surface area contributed by atoms with E-state index in [9.17, 15) is 9.59 Å². The molecule has 2 amide bonds. The molecule has 31 heavy (non-hydrogen) atoms. The Morgan fingerprint density at radius 3 is 2.06 bits per heavy atom. The van der Waals surface area contributed by atoms with Gasteiger partial charge in [-0.25, -0.2) is 0 Å². The fraction of sp³-hybridized carbons (Fsp3) is 0.269. The topological polar surface area (TPSA) is 62.3 Å². The molecular formula is C26H27N3O2. The molecule has 158 valence electrons. The van der Waals surface area contributed by atoms with Crippen molar-refractivity contribution in [3.63, 3.8) is 0 Å². The molecule has 0 radical (unpaired) electrons. The minimum atomic E-state index is -0.321. The van der Waals surface area contributed by atoms with Crippen LogP contribution in [0.15, 0.2) is 85.2 Å². The van der Waals surface area contributed by atoms with Gasteiger partial charge in [-0.2, -0.15) is 0 Å². The van der Waals surface area contributed by atoms with Crippen molar-refractivity contribution in [1.29, 1.82) is 0 Å². The van der Waals surface area contributed by atoms with E-state index in [2.05, 4.69) is 10.3 Å². The Bertz CT molecular complexity index is 945. The Morgan fingerprint density at radius 2 is 1.52 bits per heavy atom. The van der Waals surface area contributed by atoms with Crippen molar-refractivity contribution in [2.75, 3.05) is 13.1 Å². The molecule has 2 heterocycles. The van der Waals surface area contributed by atoms with Crippen LogP contribution in [-0.2, 0) is 16.1 Å². The number of benzene rings is 2. The van der Waals surface area contributed by atoms with Crippen LogP contribution in [-0.4, -0.2) is 34.8 Å². The van der Waals surface area contributed by atoms with E-state index in [1.165, 1.54) is 0 Å². The molecule has 0 spiro atoms. The number of pyridine rings is 1. The van der Waals surface area contributed by atoms with Crippen molar-refractivity contribution < 1.29 is 9.59 Å². The second-order valence-corrected chi connectivity index (χ2v) is 7.93. The standard InChI is InChI=1S/C26H27N3O2/c30-25(28-19-20-8-7-15-27-18-20)23-13-16-29(17-14-23)26(31)24(21-9-3-1-4-10-21)22-11-5-2-6-12-22/h1-12,15,18,23-24H,13-14,16-17,19H2,(H,28,30). The summed E-state index contributed by atoms with van der Waals surface area (Å²) in [6.07, 6.45) is 4.84. The van der Waals surface area contributed by atoms with E-state index in [-0.39, 0.29) is 23.7 Å². The molecule has 1 aromatic heterocycles. The third-order valence-corrected chi connectivity index (χ3v) is 5.88. The Morgan fingerprint density at radius 1 is 0.903 bits per heavy atom. The van der Waals surface area contributed by atoms with Gasteiger partial charge in [0.25, 0.3) is 0 Å². The molecule has 2 aromatic carbocycles. The van der Waals surface area contributed by atoms with Gasteiger partial charge in [0, 0.05) is 37.9 Å². The highest BCUT2D eigenvalue weighted by molar-refractivity contribution is 5.87. The molecule has 1 aliphatic heterocycles. The van der Waals surface area contributed by atoms with Crippen LogP contribution in [0.3, 0.4) is 0 Å². The zero-order valence-corrected chi connectivity index (χ0v) is 17.5. The molecule has 1 N–H and O–H groups in total. The molecule has 1 saturated heterocycles. The predicted octanol–water partition coefficient (Wildman–Crippen LogP) is 3.77. The lowest BCUT2D eigenvalue weighted by Gasteiger charge is -2.34. The van der Waals surface area contributed by atoms with Crippen molar-refractivity contribution in [2.45, 2.75) is 25.3 Å². The lowest BCUT2D eigenvalue weighted by molar-refractivity contribution is -0.136. The van der Waals surface area contributed by atoms with E-state index in [1.54, 1.807) is 12.4 Å². The summed E-state index contributed by atoms with van der Waals surface area (Å²) in [5.74, 6) is -0.226. The van der Waals surface area contributed by atoms with Crippen LogP contribution in [0.1, 0.15) is 35.4 Å². The first-order chi connectivity index (χ1) is 15.2. The molecule has 0 atom stereocenters. The Balaban J connectivity index is 1.39. The zero-order valence-electron chi connectivity index (χ0n) is 17.5. The summed E-state index contributed by atoms with van der Waals surface area (Å²) in [6, 6.07) is 23.6. The average molecular weight is 414 g/mol. The van der Waals surface area contributed by atoms with Crippen LogP contribution in [0.25, 0.3) is 0 Å². The fourth-order valence-electron chi connectivity index (χ4n) is 4.15. The maximum atomic E-state index is 13.5. The molecule has 0 unspecified atom stereocenters. The summed E-state index contributed by atoms with van der Waals surface area (Å²) >= 11 is 0. The van der Waals surface area contributed by atoms with E-state index in [0.717, 1.165) is 16.7 Å². The molecule has 5 heteroatoms. The largest absolute Gasteiger partial charge is 0.352 e. The first-order valence-electron chi connectivity index (χ1n) is 10.8. The van der Waals surface area contributed by atoms with Crippen molar-refractivity contribution in [2.24, 2.45) is 5.92 Å². The number of rotatable bonds is 6. The van der Waals surface area contributed by atoms with E-state index in [1.807, 2.05) is 77.7 Å². The molecule has 5 nitrogen and oxygen atoms in total. The molecule has 0 bridgehead atoms. The molecule has 1 aliphatic rings. The van der Waals surface area contributed by atoms with E-state index in [0.29, 0.717) is 32.5 Å². The summed E-state index contributed by atoms with van der Waals surface area (Å²) in [6.45, 7) is 1.68.